The van der Waals surface area contributed by atoms with Gasteiger partial charge in [0.05, 0.1) is 17.6 Å². The molecule has 3 aromatic rings. The normalized spacial score (nSPS) is 11.0. The van der Waals surface area contributed by atoms with Gasteiger partial charge in [0.25, 0.3) is 0 Å². The molecule has 4 nitrogen and oxygen atoms in total. The van der Waals surface area contributed by atoms with E-state index in [0.29, 0.717) is 0 Å². The maximum absolute atomic E-state index is 5.80. The molecule has 0 radical (unpaired) electrons. The van der Waals surface area contributed by atoms with Gasteiger partial charge in [0.15, 0.2) is 0 Å². The predicted octanol–water partition coefficient (Wildman–Crippen LogP) is 3.40. The minimum Gasteiger partial charge on any atom is -0.399 e. The maximum Gasteiger partial charge on any atom is 0.126 e. The van der Waals surface area contributed by atoms with Crippen molar-refractivity contribution in [1.29, 1.82) is 0 Å². The molecule has 0 aliphatic heterocycles. The number of aryl methyl sites for hydroxylation is 2. The van der Waals surface area contributed by atoms with E-state index in [0.717, 1.165) is 29.1 Å². The third-order valence-corrected chi connectivity index (χ3v) is 3.59. The first-order valence-corrected chi connectivity index (χ1v) is 7.05. The van der Waals surface area contributed by atoms with Crippen LogP contribution in [0.4, 0.5) is 11.4 Å². The second kappa shape index (κ2) is 5.13. The fraction of sp³-hybridized carbons (Fsp3) is 0.235. The highest BCUT2D eigenvalue weighted by Gasteiger charge is 2.08. The second-order valence-corrected chi connectivity index (χ2v) is 5.66. The molecule has 0 saturated carbocycles. The summed E-state index contributed by atoms with van der Waals surface area (Å²) >= 11 is 0. The van der Waals surface area contributed by atoms with E-state index in [2.05, 4.69) is 54.0 Å². The summed E-state index contributed by atoms with van der Waals surface area (Å²) in [5.74, 6) is 0.942. The molecule has 0 saturated heterocycles. The van der Waals surface area contributed by atoms with Crippen LogP contribution in [0.1, 0.15) is 17.0 Å². The summed E-state index contributed by atoms with van der Waals surface area (Å²) in [5, 5.41) is 0. The van der Waals surface area contributed by atoms with Crippen molar-refractivity contribution in [2.24, 2.45) is 0 Å². The molecule has 3 N–H and O–H groups in total. The molecular formula is C17H20N4. The van der Waals surface area contributed by atoms with E-state index in [1.807, 2.05) is 18.2 Å². The Morgan fingerprint density at radius 3 is 2.52 bits per heavy atom. The molecule has 0 aliphatic carbocycles. The Balaban J connectivity index is 1.86. The first kappa shape index (κ1) is 13.5. The van der Waals surface area contributed by atoms with Crippen LogP contribution in [0, 0.1) is 13.8 Å². The molecule has 0 bridgehead atoms. The van der Waals surface area contributed by atoms with Gasteiger partial charge in [-0.1, -0.05) is 6.07 Å². The van der Waals surface area contributed by atoms with Crippen LogP contribution in [-0.4, -0.2) is 17.0 Å². The zero-order valence-electron chi connectivity index (χ0n) is 12.6. The number of aromatic amines is 1. The monoisotopic (exact) mass is 280 g/mol. The van der Waals surface area contributed by atoms with Gasteiger partial charge in [-0.25, -0.2) is 4.98 Å². The topological polar surface area (TPSA) is 57.9 Å². The Labute approximate surface area is 124 Å². The second-order valence-electron chi connectivity index (χ2n) is 5.66. The highest BCUT2D eigenvalue weighted by molar-refractivity contribution is 5.78. The highest BCUT2D eigenvalue weighted by atomic mass is 15.1. The van der Waals surface area contributed by atoms with Crippen molar-refractivity contribution in [3.05, 3.63) is 53.3 Å². The highest BCUT2D eigenvalue weighted by Crippen LogP contribution is 2.20. The average Bonchev–Trinajstić information content (AvgIpc) is 2.78. The Bertz CT molecular complexity index is 768. The Morgan fingerprint density at radius 1 is 1.10 bits per heavy atom. The largest absolute Gasteiger partial charge is 0.399 e. The molecule has 0 spiro atoms. The van der Waals surface area contributed by atoms with E-state index in [-0.39, 0.29) is 0 Å². The van der Waals surface area contributed by atoms with Crippen molar-refractivity contribution in [2.45, 2.75) is 20.4 Å². The van der Waals surface area contributed by atoms with Gasteiger partial charge >= 0.3 is 0 Å². The number of benzene rings is 2. The zero-order valence-corrected chi connectivity index (χ0v) is 12.6. The molecule has 0 fully saturated rings. The summed E-state index contributed by atoms with van der Waals surface area (Å²) < 4.78 is 0. The zero-order chi connectivity index (χ0) is 15.0. The van der Waals surface area contributed by atoms with Crippen LogP contribution in [-0.2, 0) is 6.54 Å². The van der Waals surface area contributed by atoms with Crippen molar-refractivity contribution in [3.8, 4) is 0 Å². The number of nitrogens with zero attached hydrogens (tertiary/aromatic N) is 2. The van der Waals surface area contributed by atoms with Crippen LogP contribution in [0.15, 0.2) is 36.4 Å². The molecule has 0 unspecified atom stereocenters. The van der Waals surface area contributed by atoms with Crippen molar-refractivity contribution in [1.82, 2.24) is 9.97 Å². The van der Waals surface area contributed by atoms with Gasteiger partial charge in [-0.2, -0.15) is 0 Å². The molecule has 0 aliphatic rings. The molecule has 1 aromatic heterocycles. The quantitative estimate of drug-likeness (QED) is 0.723. The molecule has 0 atom stereocenters. The third kappa shape index (κ3) is 2.84. The van der Waals surface area contributed by atoms with Crippen molar-refractivity contribution in [2.75, 3.05) is 17.7 Å². The molecule has 0 amide bonds. The van der Waals surface area contributed by atoms with E-state index < -0.39 is 0 Å². The average molecular weight is 280 g/mol. The van der Waals surface area contributed by atoms with E-state index in [4.69, 9.17) is 5.73 Å². The molecule has 4 heteroatoms. The van der Waals surface area contributed by atoms with Crippen molar-refractivity contribution >= 4 is 22.4 Å². The standard InChI is InChI=1S/C17H20N4/c1-11-6-12(2)8-14(7-11)21(3)10-17-19-15-5-4-13(18)9-16(15)20-17/h4-9H,10,18H2,1-3H3,(H,19,20). The lowest BCUT2D eigenvalue weighted by Crippen LogP contribution is -2.17. The van der Waals surface area contributed by atoms with Gasteiger partial charge in [-0.3, -0.25) is 0 Å². The predicted molar refractivity (Wildman–Crippen MR) is 88.5 cm³/mol. The number of nitrogen functional groups attached to an aromatic ring is 1. The van der Waals surface area contributed by atoms with Crippen LogP contribution >= 0.6 is 0 Å². The number of aromatic nitrogens is 2. The summed E-state index contributed by atoms with van der Waals surface area (Å²) in [6.07, 6.45) is 0. The maximum atomic E-state index is 5.80. The van der Waals surface area contributed by atoms with E-state index in [1.54, 1.807) is 0 Å². The Kier molecular flexibility index (Phi) is 3.29. The number of imidazole rings is 1. The molecule has 108 valence electrons. The van der Waals surface area contributed by atoms with Crippen LogP contribution in [0.3, 0.4) is 0 Å². The summed E-state index contributed by atoms with van der Waals surface area (Å²) in [7, 11) is 2.08. The van der Waals surface area contributed by atoms with Crippen LogP contribution in [0.5, 0.6) is 0 Å². The number of hydrogen-bond donors (Lipinski definition) is 2. The lowest BCUT2D eigenvalue weighted by Gasteiger charge is -2.19. The minimum absolute atomic E-state index is 0.734. The van der Waals surface area contributed by atoms with Crippen LogP contribution in [0.25, 0.3) is 11.0 Å². The molecule has 1 heterocycles. The lowest BCUT2D eigenvalue weighted by atomic mass is 10.1. The fourth-order valence-electron chi connectivity index (χ4n) is 2.64. The van der Waals surface area contributed by atoms with Gasteiger partial charge in [-0.15, -0.1) is 0 Å². The van der Waals surface area contributed by atoms with Crippen molar-refractivity contribution < 1.29 is 0 Å². The lowest BCUT2D eigenvalue weighted by molar-refractivity contribution is 0.863. The molecule has 3 rings (SSSR count). The van der Waals surface area contributed by atoms with Gasteiger partial charge in [0.1, 0.15) is 5.82 Å². The van der Waals surface area contributed by atoms with Crippen molar-refractivity contribution in [3.63, 3.8) is 0 Å². The number of fused-ring (bicyclic) bond motifs is 1. The number of anilines is 2. The van der Waals surface area contributed by atoms with Gasteiger partial charge in [-0.05, 0) is 55.3 Å². The van der Waals surface area contributed by atoms with E-state index >= 15 is 0 Å². The summed E-state index contributed by atoms with van der Waals surface area (Å²) in [6.45, 7) is 4.97. The smallest absolute Gasteiger partial charge is 0.126 e. The fourth-order valence-corrected chi connectivity index (χ4v) is 2.64. The molecule has 21 heavy (non-hydrogen) atoms. The van der Waals surface area contributed by atoms with Crippen LogP contribution in [0.2, 0.25) is 0 Å². The van der Waals surface area contributed by atoms with Gasteiger partial charge < -0.3 is 15.6 Å². The number of H-pyrrole nitrogens is 1. The summed E-state index contributed by atoms with van der Waals surface area (Å²) in [6, 6.07) is 12.3. The van der Waals surface area contributed by atoms with E-state index in [1.165, 1.54) is 16.8 Å². The number of rotatable bonds is 3. The first-order chi connectivity index (χ1) is 10.0. The van der Waals surface area contributed by atoms with Crippen LogP contribution < -0.4 is 10.6 Å². The van der Waals surface area contributed by atoms with Gasteiger partial charge in [0.2, 0.25) is 0 Å². The first-order valence-electron chi connectivity index (χ1n) is 7.05. The minimum atomic E-state index is 0.734. The summed E-state index contributed by atoms with van der Waals surface area (Å²) in [5.41, 5.74) is 12.2. The number of nitrogens with one attached hydrogen (secondary N) is 1. The third-order valence-electron chi connectivity index (χ3n) is 3.59. The van der Waals surface area contributed by atoms with Gasteiger partial charge in [0, 0.05) is 18.4 Å². The van der Waals surface area contributed by atoms with E-state index in [9.17, 15) is 0 Å². The number of hydrogen-bond acceptors (Lipinski definition) is 3. The SMILES string of the molecule is Cc1cc(C)cc(N(C)Cc2nc3ccc(N)cc3[nH]2)c1. The Morgan fingerprint density at radius 2 is 1.81 bits per heavy atom. The molecular weight excluding hydrogens is 260 g/mol. The number of nitrogens with two attached hydrogens (primary N) is 1. The Hall–Kier alpha value is -2.49. The summed E-state index contributed by atoms with van der Waals surface area (Å²) in [4.78, 5) is 10.1. The molecule has 2 aromatic carbocycles.